The van der Waals surface area contributed by atoms with E-state index < -0.39 is 79.5 Å². The number of methoxy groups -OCH3 is 1. The van der Waals surface area contributed by atoms with Crippen molar-refractivity contribution in [3.05, 3.63) is 43.1 Å². The molecule has 278 valence electrons. The van der Waals surface area contributed by atoms with Gasteiger partial charge in [-0.15, -0.1) is 6.58 Å². The van der Waals surface area contributed by atoms with E-state index in [1.165, 1.54) is 4.90 Å². The highest BCUT2D eigenvalue weighted by Gasteiger charge is 2.61. The maximum Gasteiger partial charge on any atom is 0.408 e. The first-order valence-corrected chi connectivity index (χ1v) is 18.9. The van der Waals surface area contributed by atoms with Crippen LogP contribution in [0.3, 0.4) is 0 Å². The summed E-state index contributed by atoms with van der Waals surface area (Å²) in [6, 6.07) is 4.98. The lowest BCUT2D eigenvalue weighted by molar-refractivity contribution is -0.142. The number of amides is 3. The Morgan fingerprint density at radius 1 is 1.12 bits per heavy atom. The molecule has 51 heavy (non-hydrogen) atoms. The minimum atomic E-state index is -3.89. The number of alkyl carbamates (subject to hydrolysis) is 1. The van der Waals surface area contributed by atoms with E-state index in [2.05, 4.69) is 21.6 Å². The molecule has 2 saturated carbocycles. The van der Waals surface area contributed by atoms with Crippen LogP contribution < -0.4 is 19.5 Å². The quantitative estimate of drug-likeness (QED) is 0.293. The van der Waals surface area contributed by atoms with Gasteiger partial charge in [0.2, 0.25) is 21.8 Å². The first-order valence-electron chi connectivity index (χ1n) is 17.4. The summed E-state index contributed by atoms with van der Waals surface area (Å²) in [5, 5.41) is 2.80. The molecular formula is C37H50N4O9S. The second kappa shape index (κ2) is 14.1. The number of fused-ring (bicyclic) bond motifs is 1. The summed E-state index contributed by atoms with van der Waals surface area (Å²) in [4.78, 5) is 61.2. The Labute approximate surface area is 299 Å². The van der Waals surface area contributed by atoms with Crippen molar-refractivity contribution in [2.75, 3.05) is 13.7 Å². The van der Waals surface area contributed by atoms with Crippen molar-refractivity contribution in [3.8, 4) is 11.5 Å². The first kappa shape index (κ1) is 38.0. The van der Waals surface area contributed by atoms with Crippen LogP contribution in [-0.2, 0) is 29.1 Å². The highest BCUT2D eigenvalue weighted by Crippen LogP contribution is 2.57. The fourth-order valence-electron chi connectivity index (χ4n) is 6.79. The summed E-state index contributed by atoms with van der Waals surface area (Å²) in [5.74, 6) is -0.939. The molecule has 5 rings (SSSR count). The molecular weight excluding hydrogens is 676 g/mol. The van der Waals surface area contributed by atoms with Gasteiger partial charge in [-0.3, -0.25) is 24.1 Å². The SMILES string of the molecule is C=C[C@@H]1C[C@]1(CC(=O)[C@@H]1C[C@@H](Oc2ccnc3cc(OC)ccc23)CN1C(=O)[C@@H](NC(=O)OC(C)(C)C)C(C)(C)C)C(=O)NS(=O)(=O)C1CCC1. The number of hydrogen-bond donors (Lipinski definition) is 2. The van der Waals surface area contributed by atoms with E-state index in [0.29, 0.717) is 35.2 Å². The number of likely N-dealkylation sites (tertiary alicyclic amines) is 1. The number of hydrogen-bond acceptors (Lipinski definition) is 10. The monoisotopic (exact) mass is 726 g/mol. The molecule has 1 aliphatic heterocycles. The van der Waals surface area contributed by atoms with Crippen molar-refractivity contribution >= 4 is 44.6 Å². The van der Waals surface area contributed by atoms with E-state index in [1.54, 1.807) is 79.1 Å². The number of benzene rings is 1. The summed E-state index contributed by atoms with van der Waals surface area (Å²) < 4.78 is 45.3. The first-order chi connectivity index (χ1) is 23.8. The molecule has 13 nitrogen and oxygen atoms in total. The molecule has 5 atom stereocenters. The fourth-order valence-corrected chi connectivity index (χ4v) is 8.38. The smallest absolute Gasteiger partial charge is 0.408 e. The van der Waals surface area contributed by atoms with E-state index in [1.807, 2.05) is 6.07 Å². The normalized spacial score (nSPS) is 24.2. The van der Waals surface area contributed by atoms with Crippen LogP contribution in [0, 0.1) is 16.7 Å². The van der Waals surface area contributed by atoms with Crippen molar-refractivity contribution in [2.45, 2.75) is 109 Å². The average Bonchev–Trinajstić information content (AvgIpc) is 3.55. The minimum Gasteiger partial charge on any atom is -0.497 e. The maximum absolute atomic E-state index is 14.5. The van der Waals surface area contributed by atoms with E-state index in [4.69, 9.17) is 14.2 Å². The number of rotatable bonds is 12. The van der Waals surface area contributed by atoms with Crippen molar-refractivity contribution in [1.82, 2.24) is 19.9 Å². The summed E-state index contributed by atoms with van der Waals surface area (Å²) in [6.45, 7) is 14.4. The van der Waals surface area contributed by atoms with Crippen molar-refractivity contribution in [3.63, 3.8) is 0 Å². The topological polar surface area (TPSA) is 170 Å². The van der Waals surface area contributed by atoms with Crippen LogP contribution in [0.15, 0.2) is 43.1 Å². The van der Waals surface area contributed by atoms with Crippen molar-refractivity contribution in [1.29, 1.82) is 0 Å². The number of pyridine rings is 1. The number of carbonyl (C=O) groups excluding carboxylic acids is 4. The van der Waals surface area contributed by atoms with Gasteiger partial charge in [-0.05, 0) is 69.6 Å². The van der Waals surface area contributed by atoms with Crippen LogP contribution in [0.2, 0.25) is 0 Å². The molecule has 1 saturated heterocycles. The molecule has 0 radical (unpaired) electrons. The number of ether oxygens (including phenoxy) is 3. The predicted octanol–water partition coefficient (Wildman–Crippen LogP) is 4.68. The van der Waals surface area contributed by atoms with E-state index in [9.17, 15) is 27.6 Å². The Morgan fingerprint density at radius 3 is 2.39 bits per heavy atom. The third kappa shape index (κ3) is 8.31. The van der Waals surface area contributed by atoms with E-state index in [0.717, 1.165) is 6.42 Å². The van der Waals surface area contributed by atoms with Gasteiger partial charge >= 0.3 is 6.09 Å². The summed E-state index contributed by atoms with van der Waals surface area (Å²) >= 11 is 0. The molecule has 1 aromatic heterocycles. The predicted molar refractivity (Wildman–Crippen MR) is 191 cm³/mol. The number of nitrogens with one attached hydrogen (secondary N) is 2. The highest BCUT2D eigenvalue weighted by atomic mass is 32.2. The summed E-state index contributed by atoms with van der Waals surface area (Å²) in [7, 11) is -2.33. The lowest BCUT2D eigenvalue weighted by atomic mass is 9.85. The fraction of sp³-hybridized carbons (Fsp3) is 0.595. The van der Waals surface area contributed by atoms with Gasteiger partial charge in [0.15, 0.2) is 5.78 Å². The number of carbonyl (C=O) groups is 4. The number of allylic oxidation sites excluding steroid dienone is 1. The van der Waals surface area contributed by atoms with Gasteiger partial charge < -0.3 is 24.4 Å². The molecule has 2 aliphatic carbocycles. The van der Waals surface area contributed by atoms with Crippen LogP contribution in [0.5, 0.6) is 11.5 Å². The Kier molecular flexibility index (Phi) is 10.5. The largest absolute Gasteiger partial charge is 0.497 e. The molecule has 0 spiro atoms. The van der Waals surface area contributed by atoms with Crippen LogP contribution in [0.4, 0.5) is 4.79 Å². The zero-order chi connectivity index (χ0) is 37.5. The zero-order valence-corrected chi connectivity index (χ0v) is 31.3. The van der Waals surface area contributed by atoms with Gasteiger partial charge in [0.05, 0.1) is 35.9 Å². The standard InChI is InChI=1S/C37H50N4O9S/c1-9-22-19-37(22,33(44)40-51(46,47)25-11-10-12-25)20-29(42)28-18-24(49-30-15-16-38-27-17-23(48-8)13-14-26(27)30)21-41(28)32(43)31(35(2,3)4)39-34(45)50-36(5,6)7/h9,13-17,22,24-25,28,31H,1,10-12,18-21H2,2-8H3,(H,39,45)(H,40,44)/t22-,24-,28+,31-,37-/m1/s1. The molecule has 0 unspecified atom stereocenters. The average molecular weight is 727 g/mol. The van der Waals surface area contributed by atoms with Crippen molar-refractivity contribution in [2.24, 2.45) is 16.7 Å². The van der Waals surface area contributed by atoms with Gasteiger partial charge in [0.1, 0.15) is 29.2 Å². The number of ketones is 1. The molecule has 2 N–H and O–H groups in total. The molecule has 0 bridgehead atoms. The Hall–Kier alpha value is -4.20. The van der Waals surface area contributed by atoms with Gasteiger partial charge in [0, 0.05) is 30.5 Å². The third-order valence-corrected chi connectivity index (χ3v) is 11.8. The number of Topliss-reactive ketones (excluding diaryl/α,β-unsaturated/α-hetero) is 1. The number of nitrogens with zero attached hydrogens (tertiary/aromatic N) is 2. The minimum absolute atomic E-state index is 0.0118. The number of sulfonamides is 1. The summed E-state index contributed by atoms with van der Waals surface area (Å²) in [5.41, 5.74) is -2.27. The zero-order valence-electron chi connectivity index (χ0n) is 30.5. The lowest BCUT2D eigenvalue weighted by Crippen LogP contribution is -2.57. The molecule has 3 aliphatic rings. The molecule has 1 aromatic carbocycles. The Balaban J connectivity index is 1.44. The van der Waals surface area contributed by atoms with Gasteiger partial charge in [-0.1, -0.05) is 33.3 Å². The molecule has 3 amide bonds. The van der Waals surface area contributed by atoms with Gasteiger partial charge in [-0.25, -0.2) is 13.2 Å². The molecule has 2 heterocycles. The maximum atomic E-state index is 14.5. The lowest BCUT2D eigenvalue weighted by Gasteiger charge is -2.36. The Morgan fingerprint density at radius 2 is 1.82 bits per heavy atom. The molecule has 3 fully saturated rings. The number of aromatic nitrogens is 1. The van der Waals surface area contributed by atoms with Crippen LogP contribution in [-0.4, -0.2) is 84.7 Å². The molecule has 14 heteroatoms. The third-order valence-electron chi connectivity index (χ3n) is 9.98. The van der Waals surface area contributed by atoms with Crippen LogP contribution in [0.1, 0.15) is 80.1 Å². The van der Waals surface area contributed by atoms with Crippen molar-refractivity contribution < 1.29 is 41.8 Å². The van der Waals surface area contributed by atoms with Crippen LogP contribution in [0.25, 0.3) is 10.9 Å². The van der Waals surface area contributed by atoms with Gasteiger partial charge in [-0.2, -0.15) is 0 Å². The second-order valence-electron chi connectivity index (χ2n) is 16.0. The summed E-state index contributed by atoms with van der Waals surface area (Å²) in [6.07, 6.45) is 3.53. The van der Waals surface area contributed by atoms with Crippen LogP contribution >= 0.6 is 0 Å². The van der Waals surface area contributed by atoms with E-state index >= 15 is 0 Å². The Bertz CT molecular complexity index is 1810. The second-order valence-corrected chi connectivity index (χ2v) is 18.0. The molecule has 2 aromatic rings. The highest BCUT2D eigenvalue weighted by molar-refractivity contribution is 7.90. The van der Waals surface area contributed by atoms with Gasteiger partial charge in [0.25, 0.3) is 0 Å². The van der Waals surface area contributed by atoms with E-state index in [-0.39, 0.29) is 25.8 Å².